The number of para-hydroxylation sites is 1. The quantitative estimate of drug-likeness (QED) is 0.670. The van der Waals surface area contributed by atoms with Crippen molar-refractivity contribution in [3.63, 3.8) is 0 Å². The summed E-state index contributed by atoms with van der Waals surface area (Å²) in [5.41, 5.74) is 0.263. The number of aromatic nitrogens is 3. The maximum atomic E-state index is 13.1. The molecule has 1 fully saturated rings. The van der Waals surface area contributed by atoms with Crippen LogP contribution in [0.4, 0.5) is 0 Å². The van der Waals surface area contributed by atoms with Crippen LogP contribution in [0.25, 0.3) is 0 Å². The monoisotopic (exact) mass is 421 g/mol. The van der Waals surface area contributed by atoms with Gasteiger partial charge < -0.3 is 9.64 Å². The molecule has 0 saturated carbocycles. The molecule has 1 aliphatic rings. The standard InChI is InChI=1S/C19H27N5O4S/c1-4-7-15(22-29(26,27)18-9-6-5-8-17(18)28-3)14-12-24(11-13(14)2)19(25)16-10-20-23-21-16/h5-6,8-10,13-15,22H,4,7,11-12H2,1-3H3,(H,20,21,23)/t13-,14+,15-/m1/s1. The SMILES string of the molecule is CCC[C@@H](NS(=O)(=O)c1ccccc1OC)[C@H]1CN(C(=O)c2cn[nH]n2)C[C@H]1C. The van der Waals surface area contributed by atoms with E-state index in [1.54, 1.807) is 23.1 Å². The Bertz CT molecular complexity index is 932. The summed E-state index contributed by atoms with van der Waals surface area (Å²) in [6.45, 7) is 5.07. The highest BCUT2D eigenvalue weighted by atomic mass is 32.2. The number of carbonyl (C=O) groups is 1. The van der Waals surface area contributed by atoms with E-state index in [9.17, 15) is 13.2 Å². The van der Waals surface area contributed by atoms with Gasteiger partial charge >= 0.3 is 0 Å². The molecule has 1 aliphatic heterocycles. The zero-order valence-electron chi connectivity index (χ0n) is 16.8. The molecule has 2 aromatic rings. The first-order valence-corrected chi connectivity index (χ1v) is 11.2. The van der Waals surface area contributed by atoms with Crippen LogP contribution < -0.4 is 9.46 Å². The molecule has 0 bridgehead atoms. The number of benzene rings is 1. The Kier molecular flexibility index (Phi) is 6.53. The minimum Gasteiger partial charge on any atom is -0.495 e. The number of methoxy groups -OCH3 is 1. The van der Waals surface area contributed by atoms with Crippen molar-refractivity contribution >= 4 is 15.9 Å². The van der Waals surface area contributed by atoms with Gasteiger partial charge in [-0.25, -0.2) is 13.1 Å². The Morgan fingerprint density at radius 3 is 2.79 bits per heavy atom. The highest BCUT2D eigenvalue weighted by molar-refractivity contribution is 7.89. The number of aromatic amines is 1. The molecule has 1 amide bonds. The molecule has 0 radical (unpaired) electrons. The maximum absolute atomic E-state index is 13.1. The van der Waals surface area contributed by atoms with Crippen LogP contribution in [0.5, 0.6) is 5.75 Å². The molecule has 29 heavy (non-hydrogen) atoms. The van der Waals surface area contributed by atoms with E-state index in [1.165, 1.54) is 19.4 Å². The highest BCUT2D eigenvalue weighted by Crippen LogP contribution is 2.31. The van der Waals surface area contributed by atoms with Gasteiger partial charge in [-0.05, 0) is 30.4 Å². The van der Waals surface area contributed by atoms with Gasteiger partial charge in [0.2, 0.25) is 10.0 Å². The van der Waals surface area contributed by atoms with Crippen molar-refractivity contribution in [2.45, 2.75) is 37.6 Å². The third-order valence-corrected chi connectivity index (χ3v) is 6.90. The van der Waals surface area contributed by atoms with Gasteiger partial charge in [0.05, 0.1) is 13.3 Å². The molecule has 9 nitrogen and oxygen atoms in total. The largest absolute Gasteiger partial charge is 0.495 e. The van der Waals surface area contributed by atoms with E-state index in [4.69, 9.17) is 4.74 Å². The molecule has 1 saturated heterocycles. The van der Waals surface area contributed by atoms with Gasteiger partial charge in [-0.3, -0.25) is 4.79 Å². The molecular weight excluding hydrogens is 394 g/mol. The van der Waals surface area contributed by atoms with E-state index in [2.05, 4.69) is 20.1 Å². The van der Waals surface area contributed by atoms with E-state index in [1.807, 2.05) is 13.8 Å². The second-order valence-electron chi connectivity index (χ2n) is 7.37. The summed E-state index contributed by atoms with van der Waals surface area (Å²) in [4.78, 5) is 14.4. The molecule has 0 spiro atoms. The molecule has 2 heterocycles. The summed E-state index contributed by atoms with van der Waals surface area (Å²) in [5, 5.41) is 9.99. The summed E-state index contributed by atoms with van der Waals surface area (Å²) >= 11 is 0. The van der Waals surface area contributed by atoms with Gasteiger partial charge in [0.1, 0.15) is 10.6 Å². The fraction of sp³-hybridized carbons (Fsp3) is 0.526. The lowest BCUT2D eigenvalue weighted by atomic mass is 9.88. The number of sulfonamides is 1. The summed E-state index contributed by atoms with van der Waals surface area (Å²) in [6.07, 6.45) is 2.89. The Morgan fingerprint density at radius 1 is 1.38 bits per heavy atom. The van der Waals surface area contributed by atoms with Crippen molar-refractivity contribution in [1.29, 1.82) is 0 Å². The number of ether oxygens (including phenoxy) is 1. The average Bonchev–Trinajstić information content (AvgIpc) is 3.37. The molecule has 10 heteroatoms. The van der Waals surface area contributed by atoms with E-state index in [0.29, 0.717) is 25.3 Å². The van der Waals surface area contributed by atoms with E-state index in [0.717, 1.165) is 6.42 Å². The molecule has 1 aromatic carbocycles. The Balaban J connectivity index is 1.79. The summed E-state index contributed by atoms with van der Waals surface area (Å²) in [6, 6.07) is 6.26. The van der Waals surface area contributed by atoms with Crippen LogP contribution in [0.15, 0.2) is 35.4 Å². The second kappa shape index (κ2) is 8.91. The van der Waals surface area contributed by atoms with Crippen molar-refractivity contribution in [3.05, 3.63) is 36.2 Å². The van der Waals surface area contributed by atoms with E-state index in [-0.39, 0.29) is 34.4 Å². The number of carbonyl (C=O) groups excluding carboxylic acids is 1. The van der Waals surface area contributed by atoms with Gasteiger partial charge in [-0.15, -0.1) is 0 Å². The van der Waals surface area contributed by atoms with Crippen molar-refractivity contribution in [2.24, 2.45) is 11.8 Å². The van der Waals surface area contributed by atoms with Gasteiger partial charge in [0.25, 0.3) is 5.91 Å². The van der Waals surface area contributed by atoms with Crippen LogP contribution in [0, 0.1) is 11.8 Å². The highest BCUT2D eigenvalue weighted by Gasteiger charge is 2.39. The Hall–Kier alpha value is -2.46. The number of amides is 1. The zero-order chi connectivity index (χ0) is 21.0. The fourth-order valence-electron chi connectivity index (χ4n) is 3.92. The molecule has 0 aliphatic carbocycles. The summed E-state index contributed by atoms with van der Waals surface area (Å²) < 4.78 is 34.2. The van der Waals surface area contributed by atoms with Gasteiger partial charge in [0, 0.05) is 19.1 Å². The van der Waals surface area contributed by atoms with Crippen LogP contribution in [0.1, 0.15) is 37.2 Å². The van der Waals surface area contributed by atoms with Crippen LogP contribution in [0.3, 0.4) is 0 Å². The fourth-order valence-corrected chi connectivity index (χ4v) is 5.42. The number of H-pyrrole nitrogens is 1. The lowest BCUT2D eigenvalue weighted by molar-refractivity contribution is 0.0777. The summed E-state index contributed by atoms with van der Waals surface area (Å²) in [7, 11) is -2.32. The van der Waals surface area contributed by atoms with Crippen LogP contribution in [-0.4, -0.2) is 60.9 Å². The molecule has 1 aromatic heterocycles. The van der Waals surface area contributed by atoms with Crippen molar-refractivity contribution in [3.8, 4) is 5.75 Å². The molecular formula is C19H27N5O4S. The van der Waals surface area contributed by atoms with Crippen molar-refractivity contribution < 1.29 is 17.9 Å². The van der Waals surface area contributed by atoms with Crippen LogP contribution in [-0.2, 0) is 10.0 Å². The summed E-state index contributed by atoms with van der Waals surface area (Å²) in [5.74, 6) is 0.242. The number of hydrogen-bond acceptors (Lipinski definition) is 6. The first kappa shape index (κ1) is 21.3. The number of rotatable bonds is 8. The number of nitrogens with zero attached hydrogens (tertiary/aromatic N) is 3. The van der Waals surface area contributed by atoms with Crippen LogP contribution >= 0.6 is 0 Å². The van der Waals surface area contributed by atoms with Crippen LogP contribution in [0.2, 0.25) is 0 Å². The predicted molar refractivity (Wildman–Crippen MR) is 107 cm³/mol. The number of hydrogen-bond donors (Lipinski definition) is 2. The van der Waals surface area contributed by atoms with E-state index >= 15 is 0 Å². The lowest BCUT2D eigenvalue weighted by Crippen LogP contribution is -2.43. The maximum Gasteiger partial charge on any atom is 0.276 e. The predicted octanol–water partition coefficient (Wildman–Crippen LogP) is 1.67. The first-order chi connectivity index (χ1) is 13.9. The van der Waals surface area contributed by atoms with Gasteiger partial charge in [0.15, 0.2) is 5.69 Å². The molecule has 2 N–H and O–H groups in total. The van der Waals surface area contributed by atoms with Gasteiger partial charge in [-0.2, -0.15) is 15.4 Å². The molecule has 158 valence electrons. The molecule has 0 unspecified atom stereocenters. The smallest absolute Gasteiger partial charge is 0.276 e. The minimum atomic E-state index is -3.77. The third kappa shape index (κ3) is 4.59. The Labute approximate surface area is 170 Å². The van der Waals surface area contributed by atoms with Gasteiger partial charge in [-0.1, -0.05) is 32.4 Å². The number of likely N-dealkylation sites (tertiary alicyclic amines) is 1. The molecule has 3 atom stereocenters. The first-order valence-electron chi connectivity index (χ1n) is 9.67. The lowest BCUT2D eigenvalue weighted by Gasteiger charge is -2.27. The van der Waals surface area contributed by atoms with E-state index < -0.39 is 10.0 Å². The topological polar surface area (TPSA) is 117 Å². The molecule has 3 rings (SSSR count). The average molecular weight is 422 g/mol. The normalized spacial score (nSPS) is 20.6. The van der Waals surface area contributed by atoms with Crippen molar-refractivity contribution in [1.82, 2.24) is 25.0 Å². The Morgan fingerprint density at radius 2 is 2.14 bits per heavy atom. The zero-order valence-corrected chi connectivity index (χ0v) is 17.6. The minimum absolute atomic E-state index is 0.00437. The second-order valence-corrected chi connectivity index (χ2v) is 9.06. The number of nitrogens with one attached hydrogen (secondary N) is 2. The van der Waals surface area contributed by atoms with Crippen molar-refractivity contribution in [2.75, 3.05) is 20.2 Å². The third-order valence-electron chi connectivity index (χ3n) is 5.37.